The quantitative estimate of drug-likeness (QED) is 0.700. The van der Waals surface area contributed by atoms with Crippen molar-refractivity contribution in [3.8, 4) is 5.75 Å². The van der Waals surface area contributed by atoms with Crippen LogP contribution in [0.15, 0.2) is 36.4 Å². The number of alkyl halides is 2. The van der Waals surface area contributed by atoms with E-state index in [9.17, 15) is 8.78 Å². The Bertz CT molecular complexity index is 359. The second kappa shape index (κ2) is 7.05. The van der Waals surface area contributed by atoms with Crippen molar-refractivity contribution in [1.29, 1.82) is 0 Å². The first-order valence-corrected chi connectivity index (χ1v) is 5.65. The Labute approximate surface area is 102 Å². The second-order valence-electron chi connectivity index (χ2n) is 3.59. The van der Waals surface area contributed by atoms with Gasteiger partial charge in [0, 0.05) is 0 Å². The summed E-state index contributed by atoms with van der Waals surface area (Å²) >= 11 is 0. The molecule has 0 saturated heterocycles. The van der Waals surface area contributed by atoms with Gasteiger partial charge < -0.3 is 4.74 Å². The fourth-order valence-electron chi connectivity index (χ4n) is 1.00. The maximum Gasteiger partial charge on any atom is 0.302 e. The third-order valence-corrected chi connectivity index (χ3v) is 2.03. The highest BCUT2D eigenvalue weighted by molar-refractivity contribution is 5.27. The predicted octanol–water partition coefficient (Wildman–Crippen LogP) is 4.61. The van der Waals surface area contributed by atoms with Gasteiger partial charge >= 0.3 is 5.92 Å². The van der Waals surface area contributed by atoms with Crippen molar-refractivity contribution in [3.05, 3.63) is 42.0 Å². The van der Waals surface area contributed by atoms with Crippen LogP contribution in [0, 0.1) is 6.92 Å². The lowest BCUT2D eigenvalue weighted by Crippen LogP contribution is -2.26. The van der Waals surface area contributed by atoms with E-state index in [-0.39, 0.29) is 5.57 Å². The molecule has 0 saturated carbocycles. The maximum atomic E-state index is 13.1. The van der Waals surface area contributed by atoms with Crippen molar-refractivity contribution >= 4 is 0 Å². The van der Waals surface area contributed by atoms with Gasteiger partial charge in [-0.25, -0.2) is 0 Å². The molecular formula is C14H20F2O. The lowest BCUT2D eigenvalue weighted by molar-refractivity contribution is -0.00556. The van der Waals surface area contributed by atoms with Crippen LogP contribution in [0.5, 0.6) is 5.75 Å². The molecule has 0 heterocycles. The largest absolute Gasteiger partial charge is 0.487 e. The first-order valence-electron chi connectivity index (χ1n) is 5.65. The Morgan fingerprint density at radius 2 is 1.94 bits per heavy atom. The zero-order valence-corrected chi connectivity index (χ0v) is 10.9. The van der Waals surface area contributed by atoms with Gasteiger partial charge in [0.25, 0.3) is 0 Å². The number of hydrogen-bond acceptors (Lipinski definition) is 1. The zero-order valence-electron chi connectivity index (χ0n) is 10.9. The van der Waals surface area contributed by atoms with Gasteiger partial charge in [0.1, 0.15) is 5.75 Å². The van der Waals surface area contributed by atoms with Crippen LogP contribution in [-0.2, 0) is 0 Å². The molecule has 1 aromatic carbocycles. The van der Waals surface area contributed by atoms with Gasteiger partial charge in [0.2, 0.25) is 0 Å². The monoisotopic (exact) mass is 242 g/mol. The first kappa shape index (κ1) is 15.6. The number of ether oxygens (including phenoxy) is 1. The van der Waals surface area contributed by atoms with Gasteiger partial charge in [0.05, 0.1) is 0 Å². The number of halogens is 2. The summed E-state index contributed by atoms with van der Waals surface area (Å²) in [6.45, 7) is 9.74. The molecule has 0 bridgehead atoms. The third kappa shape index (κ3) is 5.48. The molecule has 1 aromatic rings. The Balaban J connectivity index is 0.00000121. The molecule has 17 heavy (non-hydrogen) atoms. The van der Waals surface area contributed by atoms with Crippen LogP contribution in [0.3, 0.4) is 0 Å². The highest BCUT2D eigenvalue weighted by Gasteiger charge is 2.30. The van der Waals surface area contributed by atoms with Gasteiger partial charge in [-0.15, -0.1) is 0 Å². The van der Waals surface area contributed by atoms with E-state index in [1.54, 1.807) is 18.2 Å². The minimum atomic E-state index is -2.97. The standard InChI is InChI=1S/C12H14F2O.C2H6/c1-9(2)12(13,14)8-15-11-6-4-5-10(3)7-11;1-2/h4-7H,1,8H2,2-3H3;1-2H3. The molecule has 0 spiro atoms. The van der Waals surface area contributed by atoms with E-state index < -0.39 is 12.5 Å². The molecular weight excluding hydrogens is 222 g/mol. The third-order valence-electron chi connectivity index (χ3n) is 2.03. The molecule has 0 aliphatic carbocycles. The van der Waals surface area contributed by atoms with Crippen LogP contribution in [-0.4, -0.2) is 12.5 Å². The summed E-state index contributed by atoms with van der Waals surface area (Å²) in [6, 6.07) is 7.02. The van der Waals surface area contributed by atoms with Gasteiger partial charge in [-0.3, -0.25) is 0 Å². The van der Waals surface area contributed by atoms with Crippen molar-refractivity contribution in [2.45, 2.75) is 33.6 Å². The van der Waals surface area contributed by atoms with E-state index in [2.05, 4.69) is 6.58 Å². The number of rotatable bonds is 4. The summed E-state index contributed by atoms with van der Waals surface area (Å²) in [5.74, 6) is -2.51. The van der Waals surface area contributed by atoms with Gasteiger partial charge in [-0.05, 0) is 37.1 Å². The van der Waals surface area contributed by atoms with Crippen molar-refractivity contribution < 1.29 is 13.5 Å². The molecule has 0 aliphatic heterocycles. The van der Waals surface area contributed by atoms with Crippen LogP contribution in [0.25, 0.3) is 0 Å². The molecule has 0 aliphatic rings. The predicted molar refractivity (Wildman–Crippen MR) is 67.8 cm³/mol. The van der Waals surface area contributed by atoms with E-state index >= 15 is 0 Å². The molecule has 96 valence electrons. The maximum absolute atomic E-state index is 13.1. The lowest BCUT2D eigenvalue weighted by atomic mass is 10.2. The summed E-state index contributed by atoms with van der Waals surface area (Å²) in [6.07, 6.45) is 0. The Morgan fingerprint density at radius 1 is 1.35 bits per heavy atom. The topological polar surface area (TPSA) is 9.23 Å². The van der Waals surface area contributed by atoms with Crippen LogP contribution in [0.2, 0.25) is 0 Å². The van der Waals surface area contributed by atoms with Crippen molar-refractivity contribution in [2.75, 3.05) is 6.61 Å². The van der Waals surface area contributed by atoms with Crippen LogP contribution >= 0.6 is 0 Å². The first-order chi connectivity index (χ1) is 7.92. The fourth-order valence-corrected chi connectivity index (χ4v) is 1.00. The Hall–Kier alpha value is -1.38. The molecule has 0 unspecified atom stereocenters. The average Bonchev–Trinajstić information content (AvgIpc) is 2.29. The SMILES string of the molecule is C=C(C)C(F)(F)COc1cccc(C)c1.CC. The van der Waals surface area contributed by atoms with E-state index in [1.807, 2.05) is 26.8 Å². The smallest absolute Gasteiger partial charge is 0.302 e. The molecule has 0 atom stereocenters. The summed E-state index contributed by atoms with van der Waals surface area (Å²) in [5, 5.41) is 0. The van der Waals surface area contributed by atoms with E-state index in [1.165, 1.54) is 6.92 Å². The van der Waals surface area contributed by atoms with E-state index in [4.69, 9.17) is 4.74 Å². The van der Waals surface area contributed by atoms with E-state index in [0.29, 0.717) is 5.75 Å². The minimum Gasteiger partial charge on any atom is -0.487 e. The summed E-state index contributed by atoms with van der Waals surface area (Å²) < 4.78 is 31.2. The number of aryl methyl sites for hydroxylation is 1. The van der Waals surface area contributed by atoms with Gasteiger partial charge in [-0.1, -0.05) is 32.6 Å². The minimum absolute atomic E-state index is 0.185. The molecule has 1 rings (SSSR count). The second-order valence-corrected chi connectivity index (χ2v) is 3.59. The molecule has 0 fully saturated rings. The fraction of sp³-hybridized carbons (Fsp3) is 0.429. The normalized spacial score (nSPS) is 10.2. The number of benzene rings is 1. The van der Waals surface area contributed by atoms with Crippen molar-refractivity contribution in [1.82, 2.24) is 0 Å². The zero-order chi connectivity index (χ0) is 13.5. The van der Waals surface area contributed by atoms with Crippen molar-refractivity contribution in [3.63, 3.8) is 0 Å². The highest BCUT2D eigenvalue weighted by atomic mass is 19.3. The number of hydrogen-bond donors (Lipinski definition) is 0. The molecule has 0 aromatic heterocycles. The lowest BCUT2D eigenvalue weighted by Gasteiger charge is -2.17. The van der Waals surface area contributed by atoms with E-state index in [0.717, 1.165) is 5.56 Å². The molecule has 3 heteroatoms. The molecule has 0 amide bonds. The highest BCUT2D eigenvalue weighted by Crippen LogP contribution is 2.24. The summed E-state index contributed by atoms with van der Waals surface area (Å²) in [4.78, 5) is 0. The van der Waals surface area contributed by atoms with Crippen LogP contribution < -0.4 is 4.74 Å². The van der Waals surface area contributed by atoms with Crippen molar-refractivity contribution in [2.24, 2.45) is 0 Å². The van der Waals surface area contributed by atoms with Crippen LogP contribution in [0.1, 0.15) is 26.3 Å². The molecule has 0 N–H and O–H groups in total. The Morgan fingerprint density at radius 3 is 2.41 bits per heavy atom. The average molecular weight is 242 g/mol. The molecule has 1 nitrogen and oxygen atoms in total. The van der Waals surface area contributed by atoms with Gasteiger partial charge in [0.15, 0.2) is 6.61 Å². The molecule has 0 radical (unpaired) electrons. The Kier molecular flexibility index (Phi) is 6.47. The van der Waals surface area contributed by atoms with Gasteiger partial charge in [-0.2, -0.15) is 8.78 Å². The summed E-state index contributed by atoms with van der Waals surface area (Å²) in [5.41, 5.74) is 0.793. The van der Waals surface area contributed by atoms with Crippen LogP contribution in [0.4, 0.5) is 8.78 Å². The summed E-state index contributed by atoms with van der Waals surface area (Å²) in [7, 11) is 0.